The summed E-state index contributed by atoms with van der Waals surface area (Å²) in [5.74, 6) is 2.08. The number of anilines is 4. The summed E-state index contributed by atoms with van der Waals surface area (Å²) >= 11 is 0. The van der Waals surface area contributed by atoms with Crippen molar-refractivity contribution in [3.05, 3.63) is 82.9 Å². The van der Waals surface area contributed by atoms with Gasteiger partial charge in [-0.2, -0.15) is 0 Å². The van der Waals surface area contributed by atoms with Crippen LogP contribution < -0.4 is 10.2 Å². The first kappa shape index (κ1) is 24.0. The molecule has 4 atom stereocenters. The summed E-state index contributed by atoms with van der Waals surface area (Å²) in [5.41, 5.74) is 10.1. The fourth-order valence-corrected chi connectivity index (χ4v) is 8.69. The first-order valence-corrected chi connectivity index (χ1v) is 14.4. The highest BCUT2D eigenvalue weighted by Gasteiger charge is 2.57. The average molecular weight is 505 g/mol. The number of nitrogens with one attached hydrogen (secondary N) is 1. The third-order valence-electron chi connectivity index (χ3n) is 11.3. The molecule has 3 heteroatoms. The molecule has 2 bridgehead atoms. The first-order chi connectivity index (χ1) is 17.9. The number of hydrogen-bond acceptors (Lipinski definition) is 2. The molecule has 2 heterocycles. The summed E-state index contributed by atoms with van der Waals surface area (Å²) < 4.78 is 0. The first-order valence-electron chi connectivity index (χ1n) is 14.4. The second-order valence-electron chi connectivity index (χ2n) is 14.1. The van der Waals surface area contributed by atoms with Crippen LogP contribution in [0.4, 0.5) is 22.7 Å². The van der Waals surface area contributed by atoms with E-state index in [1.165, 1.54) is 45.7 Å². The fraction of sp³-hybridized carbons (Fsp3) is 0.457. The molecular formula is C35H40N2O. The molecule has 8 rings (SSSR count). The number of carbonyl (C=O) groups excluding carboxylic acids is 1. The molecule has 3 aliphatic carbocycles. The van der Waals surface area contributed by atoms with Gasteiger partial charge in [-0.05, 0) is 82.5 Å². The van der Waals surface area contributed by atoms with E-state index in [9.17, 15) is 4.79 Å². The monoisotopic (exact) mass is 504 g/mol. The Morgan fingerprint density at radius 3 is 2.11 bits per heavy atom. The number of amides is 1. The van der Waals surface area contributed by atoms with E-state index in [2.05, 4.69) is 119 Å². The van der Waals surface area contributed by atoms with E-state index in [0.717, 1.165) is 12.1 Å². The van der Waals surface area contributed by atoms with E-state index < -0.39 is 0 Å². The second kappa shape index (κ2) is 7.52. The Balaban J connectivity index is 1.29. The molecule has 196 valence electrons. The minimum Gasteiger partial charge on any atom is -0.326 e. The summed E-state index contributed by atoms with van der Waals surface area (Å²) in [6.45, 7) is 16.4. The van der Waals surface area contributed by atoms with Crippen LogP contribution in [0.15, 0.2) is 60.7 Å². The van der Waals surface area contributed by atoms with Crippen molar-refractivity contribution in [3.8, 4) is 0 Å². The maximum atomic E-state index is 13.6. The quantitative estimate of drug-likeness (QED) is 0.378. The highest BCUT2D eigenvalue weighted by atomic mass is 16.1. The van der Waals surface area contributed by atoms with Gasteiger partial charge in [-0.3, -0.25) is 4.79 Å². The molecular weight excluding hydrogens is 464 g/mol. The maximum Gasteiger partial charge on any atom is 0.227 e. The van der Waals surface area contributed by atoms with Crippen molar-refractivity contribution < 1.29 is 4.79 Å². The Hall–Kier alpha value is -3.07. The molecule has 3 fully saturated rings. The van der Waals surface area contributed by atoms with E-state index in [0.29, 0.717) is 23.2 Å². The van der Waals surface area contributed by atoms with Gasteiger partial charge >= 0.3 is 0 Å². The van der Waals surface area contributed by atoms with Gasteiger partial charge in [0.2, 0.25) is 5.91 Å². The normalized spacial score (nSPS) is 28.3. The minimum atomic E-state index is -0.190. The molecule has 4 unspecified atom stereocenters. The van der Waals surface area contributed by atoms with Crippen LogP contribution in [-0.2, 0) is 15.6 Å². The molecule has 0 saturated heterocycles. The minimum absolute atomic E-state index is 0.0775. The zero-order chi connectivity index (χ0) is 26.8. The van der Waals surface area contributed by atoms with Gasteiger partial charge in [-0.1, -0.05) is 84.9 Å². The van der Waals surface area contributed by atoms with Gasteiger partial charge in [-0.15, -0.1) is 0 Å². The zero-order valence-electron chi connectivity index (χ0n) is 23.9. The lowest BCUT2D eigenvalue weighted by atomic mass is 9.43. The van der Waals surface area contributed by atoms with Crippen molar-refractivity contribution in [1.82, 2.24) is 0 Å². The van der Waals surface area contributed by atoms with Crippen LogP contribution in [0, 0.1) is 29.1 Å². The molecule has 1 N–H and O–H groups in total. The molecule has 1 amide bonds. The molecule has 3 aromatic rings. The summed E-state index contributed by atoms with van der Waals surface area (Å²) in [6.07, 6.45) is 2.31. The van der Waals surface area contributed by atoms with Gasteiger partial charge in [0.25, 0.3) is 0 Å². The molecule has 2 aliphatic heterocycles. The Morgan fingerprint density at radius 1 is 0.789 bits per heavy atom. The standard InChI is InChI=1S/C35H40N2O/c1-20-23(17-21-18-27(20)33(21,2)3)32(38)36-22-15-16-30-28(19-22)35(6,7)26-13-10-12-25-31(26)37(30)29-14-9-8-11-24(29)34(25,4)5/h8-16,19-21,23,27H,17-18H2,1-7H3,(H,36,38). The van der Waals surface area contributed by atoms with Gasteiger partial charge in [0.1, 0.15) is 0 Å². The number of nitrogens with zero attached hydrogens (tertiary/aromatic N) is 1. The molecule has 0 spiro atoms. The smallest absolute Gasteiger partial charge is 0.227 e. The van der Waals surface area contributed by atoms with E-state index in [4.69, 9.17) is 0 Å². The van der Waals surface area contributed by atoms with Crippen molar-refractivity contribution in [2.75, 3.05) is 10.2 Å². The number of rotatable bonds is 2. The van der Waals surface area contributed by atoms with Crippen LogP contribution in [0.5, 0.6) is 0 Å². The van der Waals surface area contributed by atoms with E-state index in [1.54, 1.807) is 0 Å². The third-order valence-corrected chi connectivity index (χ3v) is 11.3. The second-order valence-corrected chi connectivity index (χ2v) is 14.1. The Morgan fingerprint density at radius 2 is 1.42 bits per heavy atom. The van der Waals surface area contributed by atoms with Crippen LogP contribution in [0.2, 0.25) is 0 Å². The van der Waals surface area contributed by atoms with Gasteiger partial charge in [0.05, 0.1) is 17.1 Å². The van der Waals surface area contributed by atoms with Crippen molar-refractivity contribution in [2.45, 2.75) is 72.1 Å². The molecule has 0 aromatic heterocycles. The van der Waals surface area contributed by atoms with Crippen molar-refractivity contribution in [2.24, 2.45) is 29.1 Å². The van der Waals surface area contributed by atoms with Crippen LogP contribution >= 0.6 is 0 Å². The predicted molar refractivity (Wildman–Crippen MR) is 157 cm³/mol. The predicted octanol–water partition coefficient (Wildman–Crippen LogP) is 8.69. The van der Waals surface area contributed by atoms with Gasteiger partial charge < -0.3 is 10.2 Å². The van der Waals surface area contributed by atoms with Crippen LogP contribution in [0.3, 0.4) is 0 Å². The summed E-state index contributed by atoms with van der Waals surface area (Å²) in [7, 11) is 0. The molecule has 3 saturated carbocycles. The van der Waals surface area contributed by atoms with Gasteiger partial charge in [-0.25, -0.2) is 0 Å². The highest BCUT2D eigenvalue weighted by Crippen LogP contribution is 2.63. The number of hydrogen-bond donors (Lipinski definition) is 1. The SMILES string of the molecule is CC1C(C(=O)Nc2ccc3c(c2)C(C)(C)c2cccc4c2N3c2ccccc2C4(C)C)CC2CC1C2(C)C. The van der Waals surface area contributed by atoms with E-state index in [1.807, 2.05) is 0 Å². The lowest BCUT2D eigenvalue weighted by Gasteiger charge is -2.61. The molecule has 38 heavy (non-hydrogen) atoms. The number of para-hydroxylation sites is 2. The molecule has 3 aromatic carbocycles. The van der Waals surface area contributed by atoms with Crippen LogP contribution in [-0.4, -0.2) is 5.91 Å². The topological polar surface area (TPSA) is 32.3 Å². The lowest BCUT2D eigenvalue weighted by molar-refractivity contribution is -0.149. The van der Waals surface area contributed by atoms with Crippen molar-refractivity contribution in [3.63, 3.8) is 0 Å². The highest BCUT2D eigenvalue weighted by molar-refractivity contribution is 5.96. The van der Waals surface area contributed by atoms with Gasteiger partial charge in [0.15, 0.2) is 0 Å². The summed E-state index contributed by atoms with van der Waals surface area (Å²) in [6, 6.07) is 22.2. The largest absolute Gasteiger partial charge is 0.326 e. The van der Waals surface area contributed by atoms with E-state index >= 15 is 0 Å². The summed E-state index contributed by atoms with van der Waals surface area (Å²) in [4.78, 5) is 16.0. The number of carbonyl (C=O) groups is 1. The summed E-state index contributed by atoms with van der Waals surface area (Å²) in [5, 5.41) is 3.36. The maximum absolute atomic E-state index is 13.6. The van der Waals surface area contributed by atoms with Crippen molar-refractivity contribution >= 4 is 28.7 Å². The number of benzene rings is 3. The number of fused-ring (bicyclic) bond motifs is 6. The van der Waals surface area contributed by atoms with E-state index in [-0.39, 0.29) is 22.7 Å². The Labute approximate surface area is 227 Å². The Kier molecular flexibility index (Phi) is 4.75. The molecule has 3 nitrogen and oxygen atoms in total. The average Bonchev–Trinajstić information content (AvgIpc) is 2.88. The zero-order valence-corrected chi connectivity index (χ0v) is 23.9. The van der Waals surface area contributed by atoms with Crippen LogP contribution in [0.1, 0.15) is 83.6 Å². The third kappa shape index (κ3) is 2.94. The fourth-order valence-electron chi connectivity index (χ4n) is 8.69. The Bertz CT molecular complexity index is 1500. The lowest BCUT2D eigenvalue weighted by Crippen LogP contribution is -2.56. The molecule has 0 radical (unpaired) electrons. The van der Waals surface area contributed by atoms with Gasteiger partial charge in [0, 0.05) is 22.4 Å². The van der Waals surface area contributed by atoms with Crippen molar-refractivity contribution in [1.29, 1.82) is 0 Å². The molecule has 5 aliphatic rings. The van der Waals surface area contributed by atoms with Crippen LogP contribution in [0.25, 0.3) is 0 Å².